The van der Waals surface area contributed by atoms with Crippen LogP contribution in [0.25, 0.3) is 0 Å². The van der Waals surface area contributed by atoms with Gasteiger partial charge < -0.3 is 15.3 Å². The van der Waals surface area contributed by atoms with E-state index in [9.17, 15) is 4.79 Å². The Morgan fingerprint density at radius 3 is 2.84 bits per heavy atom. The Bertz CT molecular complexity index is 479. The van der Waals surface area contributed by atoms with Crippen LogP contribution in [0, 0.1) is 0 Å². The minimum absolute atomic E-state index is 0.300. The van der Waals surface area contributed by atoms with Gasteiger partial charge in [-0.05, 0) is 60.9 Å². The van der Waals surface area contributed by atoms with Gasteiger partial charge in [0.15, 0.2) is 0 Å². The summed E-state index contributed by atoms with van der Waals surface area (Å²) >= 11 is 3.43. The van der Waals surface area contributed by atoms with Gasteiger partial charge in [0.2, 0.25) is 0 Å². The zero-order valence-electron chi connectivity index (χ0n) is 11.2. The van der Waals surface area contributed by atoms with Crippen LogP contribution in [-0.2, 0) is 0 Å². The molecule has 5 heteroatoms. The van der Waals surface area contributed by atoms with Gasteiger partial charge in [0, 0.05) is 28.8 Å². The average molecular weight is 327 g/mol. The van der Waals surface area contributed by atoms with Gasteiger partial charge in [0.25, 0.3) is 0 Å². The highest BCUT2D eigenvalue weighted by Gasteiger charge is 2.23. The summed E-state index contributed by atoms with van der Waals surface area (Å²) < 4.78 is 0.805. The zero-order valence-corrected chi connectivity index (χ0v) is 12.8. The minimum atomic E-state index is -0.903. The number of nitrogens with zero attached hydrogens (tertiary/aromatic N) is 1. The van der Waals surface area contributed by atoms with Crippen LogP contribution in [0.3, 0.4) is 0 Å². The maximum Gasteiger partial charge on any atom is 0.335 e. The van der Waals surface area contributed by atoms with Crippen molar-refractivity contribution in [3.05, 3.63) is 28.2 Å². The third-order valence-electron chi connectivity index (χ3n) is 3.78. The molecule has 0 radical (unpaired) electrons. The summed E-state index contributed by atoms with van der Waals surface area (Å²) in [5.74, 6) is -0.903. The third kappa shape index (κ3) is 3.48. The molecule has 0 amide bonds. The summed E-state index contributed by atoms with van der Waals surface area (Å²) in [4.78, 5) is 13.2. The number of aromatic carboxylic acids is 1. The fourth-order valence-corrected chi connectivity index (χ4v) is 2.90. The van der Waals surface area contributed by atoms with Gasteiger partial charge >= 0.3 is 5.97 Å². The highest BCUT2D eigenvalue weighted by atomic mass is 79.9. The number of hydrogen-bond acceptors (Lipinski definition) is 3. The lowest BCUT2D eigenvalue weighted by molar-refractivity contribution is 0.0697. The molecule has 0 bridgehead atoms. The molecule has 0 spiro atoms. The molecule has 2 rings (SSSR count). The molecule has 0 aliphatic carbocycles. The predicted molar refractivity (Wildman–Crippen MR) is 79.8 cm³/mol. The fraction of sp³-hybridized carbons (Fsp3) is 0.500. The highest BCUT2D eigenvalue weighted by Crippen LogP contribution is 2.27. The van der Waals surface area contributed by atoms with Crippen molar-refractivity contribution in [1.82, 2.24) is 4.90 Å². The predicted octanol–water partition coefficient (Wildman–Crippen LogP) is 3.04. The number of hydrogen-bond donors (Lipinski definition) is 2. The fourth-order valence-electron chi connectivity index (χ4n) is 2.41. The highest BCUT2D eigenvalue weighted by molar-refractivity contribution is 9.10. The lowest BCUT2D eigenvalue weighted by atomic mass is 9.98. The molecular formula is C14H19BrN2O2. The molecular weight excluding hydrogens is 308 g/mol. The van der Waals surface area contributed by atoms with Crippen molar-refractivity contribution in [2.75, 3.05) is 18.9 Å². The van der Waals surface area contributed by atoms with E-state index in [-0.39, 0.29) is 0 Å². The number of benzene rings is 1. The van der Waals surface area contributed by atoms with Crippen LogP contribution in [0.2, 0.25) is 0 Å². The second kappa shape index (κ2) is 5.92. The molecule has 0 aromatic heterocycles. The standard InChI is InChI=1S/C14H19BrN2O2/c1-9-7-11(5-6-17(9)2)16-13-4-3-10(14(18)19)8-12(13)15/h3-4,8-9,11,16H,5-7H2,1-2H3,(H,18,19). The van der Waals surface area contributed by atoms with Gasteiger partial charge in [-0.25, -0.2) is 4.79 Å². The molecule has 2 N–H and O–H groups in total. The number of rotatable bonds is 3. The molecule has 4 nitrogen and oxygen atoms in total. The number of nitrogens with one attached hydrogen (secondary N) is 1. The normalized spacial score (nSPS) is 24.2. The van der Waals surface area contributed by atoms with Gasteiger partial charge in [-0.2, -0.15) is 0 Å². The summed E-state index contributed by atoms with van der Waals surface area (Å²) in [6.45, 7) is 3.32. The first-order valence-corrected chi connectivity index (χ1v) is 7.26. The van der Waals surface area contributed by atoms with E-state index in [0.717, 1.165) is 29.5 Å². The first-order chi connectivity index (χ1) is 8.97. The molecule has 1 saturated heterocycles. The Kier molecular flexibility index (Phi) is 4.47. The van der Waals surface area contributed by atoms with E-state index in [1.165, 1.54) is 0 Å². The van der Waals surface area contributed by atoms with Crippen LogP contribution in [0.15, 0.2) is 22.7 Å². The van der Waals surface area contributed by atoms with E-state index in [1.807, 2.05) is 6.07 Å². The van der Waals surface area contributed by atoms with Crippen molar-refractivity contribution < 1.29 is 9.90 Å². The average Bonchev–Trinajstić information content (AvgIpc) is 2.36. The van der Waals surface area contributed by atoms with E-state index in [0.29, 0.717) is 17.6 Å². The molecule has 19 heavy (non-hydrogen) atoms. The van der Waals surface area contributed by atoms with E-state index >= 15 is 0 Å². The number of carboxylic acid groups (broad SMARTS) is 1. The number of halogens is 1. The Morgan fingerprint density at radius 2 is 2.26 bits per heavy atom. The second-order valence-electron chi connectivity index (χ2n) is 5.20. The van der Waals surface area contributed by atoms with Crippen LogP contribution in [0.1, 0.15) is 30.1 Å². The lowest BCUT2D eigenvalue weighted by Gasteiger charge is -2.36. The van der Waals surface area contributed by atoms with E-state index in [4.69, 9.17) is 5.11 Å². The van der Waals surface area contributed by atoms with Gasteiger partial charge in [-0.1, -0.05) is 0 Å². The molecule has 0 saturated carbocycles. The molecule has 2 atom stereocenters. The van der Waals surface area contributed by atoms with Crippen molar-refractivity contribution in [2.24, 2.45) is 0 Å². The lowest BCUT2D eigenvalue weighted by Crippen LogP contribution is -2.42. The molecule has 1 heterocycles. The number of piperidine rings is 1. The summed E-state index contributed by atoms with van der Waals surface area (Å²) in [7, 11) is 2.15. The quantitative estimate of drug-likeness (QED) is 0.896. The number of anilines is 1. The smallest absolute Gasteiger partial charge is 0.335 e. The summed E-state index contributed by atoms with van der Waals surface area (Å²) in [6, 6.07) is 6.12. The monoisotopic (exact) mass is 326 g/mol. The zero-order chi connectivity index (χ0) is 14.0. The van der Waals surface area contributed by atoms with Crippen LogP contribution in [0.5, 0.6) is 0 Å². The topological polar surface area (TPSA) is 52.6 Å². The largest absolute Gasteiger partial charge is 0.478 e. The third-order valence-corrected chi connectivity index (χ3v) is 4.44. The van der Waals surface area contributed by atoms with Gasteiger partial charge in [0.05, 0.1) is 5.56 Å². The Balaban J connectivity index is 2.05. The summed E-state index contributed by atoms with van der Waals surface area (Å²) in [6.07, 6.45) is 2.21. The Morgan fingerprint density at radius 1 is 1.53 bits per heavy atom. The molecule has 1 aliphatic rings. The van der Waals surface area contributed by atoms with Crippen molar-refractivity contribution in [1.29, 1.82) is 0 Å². The van der Waals surface area contributed by atoms with Crippen LogP contribution in [-0.4, -0.2) is 41.7 Å². The van der Waals surface area contributed by atoms with E-state index in [2.05, 4.69) is 40.1 Å². The second-order valence-corrected chi connectivity index (χ2v) is 6.05. The SMILES string of the molecule is CC1CC(Nc2ccc(C(=O)O)cc2Br)CCN1C. The maximum absolute atomic E-state index is 10.9. The molecule has 1 aromatic carbocycles. The molecule has 1 fully saturated rings. The summed E-state index contributed by atoms with van der Waals surface area (Å²) in [5.41, 5.74) is 1.26. The van der Waals surface area contributed by atoms with Crippen LogP contribution >= 0.6 is 15.9 Å². The van der Waals surface area contributed by atoms with Crippen molar-refractivity contribution >= 4 is 27.6 Å². The summed E-state index contributed by atoms with van der Waals surface area (Å²) in [5, 5.41) is 12.4. The number of likely N-dealkylation sites (tertiary alicyclic amines) is 1. The Labute approximate surface area is 121 Å². The first-order valence-electron chi connectivity index (χ1n) is 6.47. The van der Waals surface area contributed by atoms with E-state index < -0.39 is 5.97 Å². The number of carbonyl (C=O) groups is 1. The minimum Gasteiger partial charge on any atom is -0.478 e. The molecule has 104 valence electrons. The van der Waals surface area contributed by atoms with Gasteiger partial charge in [-0.3, -0.25) is 0 Å². The maximum atomic E-state index is 10.9. The van der Waals surface area contributed by atoms with Crippen molar-refractivity contribution in [3.63, 3.8) is 0 Å². The first kappa shape index (κ1) is 14.3. The number of carboxylic acids is 1. The molecule has 1 aromatic rings. The van der Waals surface area contributed by atoms with Crippen LogP contribution in [0.4, 0.5) is 5.69 Å². The van der Waals surface area contributed by atoms with Gasteiger partial charge in [-0.15, -0.1) is 0 Å². The van der Waals surface area contributed by atoms with Crippen LogP contribution < -0.4 is 5.32 Å². The van der Waals surface area contributed by atoms with Crippen molar-refractivity contribution in [3.8, 4) is 0 Å². The van der Waals surface area contributed by atoms with Gasteiger partial charge in [0.1, 0.15) is 0 Å². The van der Waals surface area contributed by atoms with Crippen molar-refractivity contribution in [2.45, 2.75) is 31.8 Å². The van der Waals surface area contributed by atoms with E-state index in [1.54, 1.807) is 12.1 Å². The Hall–Kier alpha value is -1.07. The molecule has 1 aliphatic heterocycles. The molecule has 2 unspecified atom stereocenters.